The zero-order valence-corrected chi connectivity index (χ0v) is 23.8. The summed E-state index contributed by atoms with van der Waals surface area (Å²) < 4.78 is 80.1. The minimum Gasteiger partial charge on any atom is -0.331 e. The first-order chi connectivity index (χ1) is 19.3. The van der Waals surface area contributed by atoms with E-state index in [2.05, 4.69) is 0 Å². The second kappa shape index (κ2) is 11.8. The molecule has 0 unspecified atom stereocenters. The fourth-order valence-corrected chi connectivity index (χ4v) is 5.64. The number of alkyl halides is 3. The molecule has 0 aliphatic heterocycles. The number of amides is 1. The van der Waals surface area contributed by atoms with Crippen molar-refractivity contribution in [3.8, 4) is 11.8 Å². The van der Waals surface area contributed by atoms with Crippen molar-refractivity contribution in [1.29, 1.82) is 5.26 Å². The van der Waals surface area contributed by atoms with Crippen molar-refractivity contribution < 1.29 is 30.8 Å². The van der Waals surface area contributed by atoms with Gasteiger partial charge in [-0.05, 0) is 61.7 Å². The van der Waals surface area contributed by atoms with E-state index >= 15 is 0 Å². The minimum absolute atomic E-state index is 0.0774. The summed E-state index contributed by atoms with van der Waals surface area (Å²) in [4.78, 5) is 19.6. The van der Waals surface area contributed by atoms with E-state index in [-0.39, 0.29) is 29.5 Å². The van der Waals surface area contributed by atoms with Crippen molar-refractivity contribution in [1.82, 2.24) is 14.5 Å². The van der Waals surface area contributed by atoms with Crippen LogP contribution in [0.15, 0.2) is 42.5 Å². The first-order valence-electron chi connectivity index (χ1n) is 12.9. The summed E-state index contributed by atoms with van der Waals surface area (Å²) in [7, 11) is -3.52. The highest BCUT2D eigenvalue weighted by atomic mass is 35.5. The Kier molecular flexibility index (Phi) is 8.80. The lowest BCUT2D eigenvalue weighted by Gasteiger charge is -2.30. The Morgan fingerprint density at radius 1 is 1.22 bits per heavy atom. The Labute approximate surface area is 240 Å². The fourth-order valence-electron chi connectivity index (χ4n) is 4.49. The van der Waals surface area contributed by atoms with E-state index in [0.717, 1.165) is 18.9 Å². The number of hydrogen-bond acceptors (Lipinski definition) is 5. The fraction of sp³-hybridized carbons (Fsp3) is 0.393. The Hall–Kier alpha value is -3.43. The Balaban J connectivity index is 1.75. The zero-order valence-electron chi connectivity index (χ0n) is 22.3. The summed E-state index contributed by atoms with van der Waals surface area (Å²) in [6, 6.07) is 10.1. The quantitative estimate of drug-likeness (QED) is 0.262. The smallest absolute Gasteiger partial charge is 0.331 e. The van der Waals surface area contributed by atoms with Crippen LogP contribution in [0.1, 0.15) is 66.9 Å². The van der Waals surface area contributed by atoms with Crippen LogP contribution < -0.4 is 0 Å². The number of nitrogens with zero attached hydrogens (tertiary/aromatic N) is 4. The van der Waals surface area contributed by atoms with Gasteiger partial charge in [0, 0.05) is 23.9 Å². The zero-order chi connectivity index (χ0) is 30.1. The maximum Gasteiger partial charge on any atom is 0.419 e. The van der Waals surface area contributed by atoms with Crippen molar-refractivity contribution >= 4 is 27.3 Å². The third-order valence-corrected chi connectivity index (χ3v) is 9.07. The maximum absolute atomic E-state index is 13.8. The van der Waals surface area contributed by atoms with Gasteiger partial charge >= 0.3 is 6.18 Å². The molecule has 1 aliphatic rings. The molecule has 13 heteroatoms. The third-order valence-electron chi connectivity index (χ3n) is 7.03. The molecule has 1 fully saturated rings. The molecule has 1 heterocycles. The number of rotatable bonds is 10. The second-order valence-corrected chi connectivity index (χ2v) is 12.7. The molecule has 0 bridgehead atoms. The summed E-state index contributed by atoms with van der Waals surface area (Å²) in [5.41, 5.74) is 0.0395. The van der Waals surface area contributed by atoms with Gasteiger partial charge in [0.2, 0.25) is 5.91 Å². The average Bonchev–Trinajstić information content (AvgIpc) is 3.71. The highest BCUT2D eigenvalue weighted by molar-refractivity contribution is 7.91. The monoisotopic (exact) mass is 610 g/mol. The van der Waals surface area contributed by atoms with E-state index in [9.17, 15) is 36.0 Å². The lowest BCUT2D eigenvalue weighted by atomic mass is 10.1. The number of aromatic nitrogens is 2. The lowest BCUT2D eigenvalue weighted by molar-refractivity contribution is -0.140. The molecule has 2 aromatic carbocycles. The summed E-state index contributed by atoms with van der Waals surface area (Å²) in [6.07, 6.45) is -3.73. The average molecular weight is 611 g/mol. The van der Waals surface area contributed by atoms with Crippen LogP contribution in [0.25, 0.3) is 5.69 Å². The normalized spacial score (nSPS) is 14.5. The van der Waals surface area contributed by atoms with E-state index in [0.29, 0.717) is 40.1 Å². The molecular formula is C28H27ClF4N4O3S. The van der Waals surface area contributed by atoms with Gasteiger partial charge in [0.05, 0.1) is 41.1 Å². The maximum atomic E-state index is 13.8. The van der Waals surface area contributed by atoms with Crippen LogP contribution in [0.4, 0.5) is 17.6 Å². The predicted octanol–water partition coefficient (Wildman–Crippen LogP) is 6.00. The van der Waals surface area contributed by atoms with Gasteiger partial charge in [0.1, 0.15) is 16.8 Å². The highest BCUT2D eigenvalue weighted by Crippen LogP contribution is 2.44. The second-order valence-electron chi connectivity index (χ2n) is 9.90. The topological polar surface area (TPSA) is 96.1 Å². The third kappa shape index (κ3) is 6.90. The SMILES string of the molecule is CCS(=O)(=O)CCN(C(=O)Cc1ccc(F)c(C(F)(F)F)c1)[C@@H](C)c1nc(C2CC2)c(Cl)n1-c1ccc(C#N)cc1. The van der Waals surface area contributed by atoms with Crippen LogP contribution in [0.2, 0.25) is 5.15 Å². The number of carbonyl (C=O) groups is 1. The van der Waals surface area contributed by atoms with Crippen LogP contribution in [0.3, 0.4) is 0 Å². The van der Waals surface area contributed by atoms with Gasteiger partial charge in [-0.15, -0.1) is 0 Å². The predicted molar refractivity (Wildman–Crippen MR) is 145 cm³/mol. The van der Waals surface area contributed by atoms with Gasteiger partial charge in [0.25, 0.3) is 0 Å². The summed E-state index contributed by atoms with van der Waals surface area (Å²) in [5.74, 6) is -2.20. The van der Waals surface area contributed by atoms with Crippen molar-refractivity contribution in [3.63, 3.8) is 0 Å². The van der Waals surface area contributed by atoms with Crippen LogP contribution >= 0.6 is 11.6 Å². The van der Waals surface area contributed by atoms with E-state index in [4.69, 9.17) is 16.6 Å². The first kappa shape index (κ1) is 30.5. The van der Waals surface area contributed by atoms with E-state index in [1.807, 2.05) is 6.07 Å². The van der Waals surface area contributed by atoms with E-state index in [1.165, 1.54) is 11.8 Å². The molecule has 0 N–H and O–H groups in total. The Morgan fingerprint density at radius 3 is 2.44 bits per heavy atom. The number of halogens is 5. The minimum atomic E-state index is -4.95. The van der Waals surface area contributed by atoms with Gasteiger partial charge in [-0.2, -0.15) is 18.4 Å². The molecule has 4 rings (SSSR count). The summed E-state index contributed by atoms with van der Waals surface area (Å²) in [5, 5.41) is 9.51. The van der Waals surface area contributed by atoms with Gasteiger partial charge in [-0.25, -0.2) is 17.8 Å². The molecule has 0 radical (unpaired) electrons. The van der Waals surface area contributed by atoms with Crippen molar-refractivity contribution in [2.24, 2.45) is 0 Å². The molecule has 3 aromatic rings. The van der Waals surface area contributed by atoms with Crippen LogP contribution in [-0.2, 0) is 27.2 Å². The molecular weight excluding hydrogens is 584 g/mol. The van der Waals surface area contributed by atoms with E-state index < -0.39 is 45.8 Å². The molecule has 218 valence electrons. The number of nitriles is 1. The first-order valence-corrected chi connectivity index (χ1v) is 15.1. The number of benzene rings is 2. The van der Waals surface area contributed by atoms with Gasteiger partial charge in [-0.3, -0.25) is 9.36 Å². The number of hydrogen-bond donors (Lipinski definition) is 0. The van der Waals surface area contributed by atoms with Gasteiger partial charge in [-0.1, -0.05) is 24.6 Å². The van der Waals surface area contributed by atoms with Gasteiger partial charge < -0.3 is 4.90 Å². The van der Waals surface area contributed by atoms with Crippen molar-refractivity contribution in [2.75, 3.05) is 18.1 Å². The number of carbonyl (C=O) groups excluding carboxylic acids is 1. The Bertz CT molecular complexity index is 1590. The summed E-state index contributed by atoms with van der Waals surface area (Å²) in [6.45, 7) is 2.86. The molecule has 1 saturated carbocycles. The molecule has 7 nitrogen and oxygen atoms in total. The highest BCUT2D eigenvalue weighted by Gasteiger charge is 2.36. The Morgan fingerprint density at radius 2 is 1.88 bits per heavy atom. The molecule has 0 saturated heterocycles. The van der Waals surface area contributed by atoms with Crippen molar-refractivity contribution in [2.45, 2.75) is 51.2 Å². The molecule has 1 aromatic heterocycles. The molecule has 1 amide bonds. The summed E-state index contributed by atoms with van der Waals surface area (Å²) >= 11 is 6.77. The standard InChI is InChI=1S/C28H27ClF4N4O3S/c1-3-41(39,40)13-12-36(24(38)15-19-6-11-23(30)22(14-19)28(31,32)33)17(2)27-35-25(20-7-8-20)26(29)37(27)21-9-4-18(16-34)5-10-21/h4-6,9-11,14,17,20H,3,7-8,12-13,15H2,1-2H3/t17-/m0/s1. The van der Waals surface area contributed by atoms with Gasteiger partial charge in [0.15, 0.2) is 9.84 Å². The molecule has 0 spiro atoms. The largest absolute Gasteiger partial charge is 0.419 e. The van der Waals surface area contributed by atoms with E-state index in [1.54, 1.807) is 35.8 Å². The molecule has 1 aliphatic carbocycles. The van der Waals surface area contributed by atoms with Crippen LogP contribution in [-0.4, -0.2) is 46.8 Å². The van der Waals surface area contributed by atoms with Crippen LogP contribution in [0, 0.1) is 17.1 Å². The van der Waals surface area contributed by atoms with Crippen molar-refractivity contribution in [3.05, 3.63) is 81.6 Å². The lowest BCUT2D eigenvalue weighted by Crippen LogP contribution is -2.39. The number of sulfone groups is 1. The molecule has 41 heavy (non-hydrogen) atoms. The molecule has 1 atom stereocenters. The number of imidazole rings is 1. The van der Waals surface area contributed by atoms with Crippen LogP contribution in [0.5, 0.6) is 0 Å².